The van der Waals surface area contributed by atoms with Crippen molar-refractivity contribution in [2.45, 2.75) is 20.8 Å². The molecule has 0 aliphatic carbocycles. The van der Waals surface area contributed by atoms with E-state index in [1.807, 2.05) is 37.7 Å². The third kappa shape index (κ3) is 2.83. The molecule has 5 heteroatoms. The first kappa shape index (κ1) is 18.0. The summed E-state index contributed by atoms with van der Waals surface area (Å²) in [6.07, 6.45) is 0. The number of hydrogen-bond acceptors (Lipinski definition) is 3. The number of hydrogen-bond donors (Lipinski definition) is 0. The van der Waals surface area contributed by atoms with Gasteiger partial charge < -0.3 is 14.4 Å². The van der Waals surface area contributed by atoms with Crippen LogP contribution in [0.25, 0.3) is 11.0 Å². The van der Waals surface area contributed by atoms with Gasteiger partial charge in [-0.2, -0.15) is 0 Å². The highest BCUT2D eigenvalue weighted by Gasteiger charge is 2.20. The Morgan fingerprint density at radius 2 is 1.65 bits per heavy atom. The van der Waals surface area contributed by atoms with Gasteiger partial charge in [-0.25, -0.2) is 4.98 Å². The van der Waals surface area contributed by atoms with Crippen molar-refractivity contribution >= 4 is 28.3 Å². The van der Waals surface area contributed by atoms with Crippen molar-refractivity contribution in [2.75, 3.05) is 26.0 Å². The average Bonchev–Trinajstić information content (AvgIpc) is 2.87. The number of para-hydroxylation sites is 1. The maximum absolute atomic E-state index is 12.6. The number of aryl methyl sites for hydroxylation is 4. The Kier molecular flexibility index (Phi) is 4.48. The van der Waals surface area contributed by atoms with Crippen LogP contribution in [0.1, 0.15) is 27.3 Å². The minimum absolute atomic E-state index is 0.0121. The Balaban J connectivity index is 2.30. The Bertz CT molecular complexity index is 981. The zero-order valence-corrected chi connectivity index (χ0v) is 16.6. The quantitative estimate of drug-likeness (QED) is 0.718. The zero-order valence-electron chi connectivity index (χ0n) is 16.6. The van der Waals surface area contributed by atoms with Crippen molar-refractivity contribution in [1.29, 1.82) is 0 Å². The number of rotatable bonds is 3. The summed E-state index contributed by atoms with van der Waals surface area (Å²) in [5.74, 6) is 0.910. The third-order valence-electron chi connectivity index (χ3n) is 4.98. The smallest absolute Gasteiger partial charge is 0.253 e. The Labute approximate surface area is 154 Å². The van der Waals surface area contributed by atoms with E-state index in [4.69, 9.17) is 4.98 Å². The predicted molar refractivity (Wildman–Crippen MR) is 107 cm³/mol. The van der Waals surface area contributed by atoms with Crippen molar-refractivity contribution in [3.8, 4) is 0 Å². The van der Waals surface area contributed by atoms with Gasteiger partial charge in [0, 0.05) is 39.4 Å². The lowest BCUT2D eigenvalue weighted by Crippen LogP contribution is -2.22. The molecular formula is C21H26N4O. The van der Waals surface area contributed by atoms with Gasteiger partial charge in [-0.15, -0.1) is 0 Å². The number of anilines is 2. The number of carbonyl (C=O) groups excluding carboxylic acids is 1. The second kappa shape index (κ2) is 6.48. The number of amides is 1. The van der Waals surface area contributed by atoms with Crippen molar-refractivity contribution in [1.82, 2.24) is 14.5 Å². The molecule has 2 aromatic carbocycles. The molecule has 1 amide bonds. The highest BCUT2D eigenvalue weighted by Crippen LogP contribution is 2.35. The van der Waals surface area contributed by atoms with Gasteiger partial charge >= 0.3 is 0 Å². The van der Waals surface area contributed by atoms with Crippen molar-refractivity contribution in [3.05, 3.63) is 52.8 Å². The third-order valence-corrected chi connectivity index (χ3v) is 4.98. The molecule has 0 saturated heterocycles. The van der Waals surface area contributed by atoms with Crippen LogP contribution in [0.15, 0.2) is 30.3 Å². The topological polar surface area (TPSA) is 41.4 Å². The van der Waals surface area contributed by atoms with Gasteiger partial charge in [0.2, 0.25) is 0 Å². The van der Waals surface area contributed by atoms with Crippen molar-refractivity contribution in [2.24, 2.45) is 7.05 Å². The van der Waals surface area contributed by atoms with E-state index in [1.165, 1.54) is 11.1 Å². The van der Waals surface area contributed by atoms with Gasteiger partial charge in [-0.05, 0) is 44.0 Å². The molecule has 26 heavy (non-hydrogen) atoms. The van der Waals surface area contributed by atoms with Crippen LogP contribution in [0.5, 0.6) is 0 Å². The van der Waals surface area contributed by atoms with Crippen LogP contribution in [0.3, 0.4) is 0 Å². The normalized spacial score (nSPS) is 11.0. The molecule has 1 heterocycles. The maximum Gasteiger partial charge on any atom is 0.253 e. The summed E-state index contributed by atoms with van der Waals surface area (Å²) in [5.41, 5.74) is 7.00. The monoisotopic (exact) mass is 350 g/mol. The summed E-state index contributed by atoms with van der Waals surface area (Å²) < 4.78 is 2.03. The number of nitrogens with zero attached hydrogens (tertiary/aromatic N) is 4. The van der Waals surface area contributed by atoms with E-state index in [9.17, 15) is 4.79 Å². The molecule has 0 fully saturated rings. The highest BCUT2D eigenvalue weighted by molar-refractivity contribution is 6.02. The molecule has 0 N–H and O–H groups in total. The summed E-state index contributed by atoms with van der Waals surface area (Å²) in [4.78, 5) is 21.1. The van der Waals surface area contributed by atoms with E-state index in [1.54, 1.807) is 19.0 Å². The van der Waals surface area contributed by atoms with E-state index in [0.29, 0.717) is 5.56 Å². The molecule has 3 rings (SSSR count). The summed E-state index contributed by atoms with van der Waals surface area (Å²) >= 11 is 0. The zero-order chi connectivity index (χ0) is 19.2. The van der Waals surface area contributed by atoms with Gasteiger partial charge in [0.05, 0.1) is 11.2 Å². The van der Waals surface area contributed by atoms with Gasteiger partial charge in [0.1, 0.15) is 11.3 Å². The average molecular weight is 350 g/mol. The van der Waals surface area contributed by atoms with Crippen molar-refractivity contribution in [3.63, 3.8) is 0 Å². The number of benzene rings is 2. The second-order valence-electron chi connectivity index (χ2n) is 7.08. The van der Waals surface area contributed by atoms with E-state index < -0.39 is 0 Å². The van der Waals surface area contributed by atoms with Gasteiger partial charge in [0.25, 0.3) is 5.91 Å². The first-order chi connectivity index (χ1) is 12.2. The Morgan fingerprint density at radius 1 is 1.04 bits per heavy atom. The Morgan fingerprint density at radius 3 is 2.23 bits per heavy atom. The molecule has 0 atom stereocenters. The molecule has 3 aromatic rings. The fourth-order valence-corrected chi connectivity index (χ4v) is 3.48. The molecule has 0 saturated carbocycles. The standard InChI is InChI=1S/C21H26N4O/c1-13-9-8-10-14(2)20(13)25(7)18-12-16(21(26)23(4)5)11-17-19(18)22-15(3)24(17)6/h8-12H,1-7H3. The molecule has 0 spiro atoms. The van der Waals surface area contributed by atoms with Crippen molar-refractivity contribution < 1.29 is 4.79 Å². The minimum Gasteiger partial charge on any atom is -0.345 e. The van der Waals surface area contributed by atoms with Gasteiger partial charge in [0.15, 0.2) is 0 Å². The van der Waals surface area contributed by atoms with Crippen LogP contribution >= 0.6 is 0 Å². The van der Waals surface area contributed by atoms with E-state index in [-0.39, 0.29) is 5.91 Å². The molecule has 5 nitrogen and oxygen atoms in total. The molecule has 0 radical (unpaired) electrons. The lowest BCUT2D eigenvalue weighted by molar-refractivity contribution is 0.0828. The summed E-state index contributed by atoms with van der Waals surface area (Å²) in [6.45, 7) is 6.19. The lowest BCUT2D eigenvalue weighted by atomic mass is 10.1. The van der Waals surface area contributed by atoms with E-state index in [2.05, 4.69) is 36.9 Å². The number of carbonyl (C=O) groups is 1. The van der Waals surface area contributed by atoms with E-state index >= 15 is 0 Å². The van der Waals surface area contributed by atoms with Crippen LogP contribution < -0.4 is 4.90 Å². The van der Waals surface area contributed by atoms with E-state index in [0.717, 1.165) is 28.2 Å². The molecule has 1 aromatic heterocycles. The number of fused-ring (bicyclic) bond motifs is 1. The second-order valence-corrected chi connectivity index (χ2v) is 7.08. The van der Waals surface area contributed by atoms with Crippen LogP contribution in [0.2, 0.25) is 0 Å². The lowest BCUT2D eigenvalue weighted by Gasteiger charge is -2.25. The predicted octanol–water partition coefficient (Wildman–Crippen LogP) is 3.97. The summed E-state index contributed by atoms with van der Waals surface area (Å²) in [7, 11) is 7.57. The first-order valence-electron chi connectivity index (χ1n) is 8.71. The largest absolute Gasteiger partial charge is 0.345 e. The molecule has 0 unspecified atom stereocenters. The molecule has 0 aliphatic rings. The Hall–Kier alpha value is -2.82. The molecule has 136 valence electrons. The SMILES string of the molecule is Cc1cccc(C)c1N(C)c1cc(C(=O)N(C)C)cc2c1nc(C)n2C. The maximum atomic E-state index is 12.6. The fraction of sp³-hybridized carbons (Fsp3) is 0.333. The summed E-state index contributed by atoms with van der Waals surface area (Å²) in [5, 5.41) is 0. The molecule has 0 bridgehead atoms. The number of aromatic nitrogens is 2. The van der Waals surface area contributed by atoms with Crippen LogP contribution in [-0.2, 0) is 7.05 Å². The minimum atomic E-state index is -0.0121. The number of imidazole rings is 1. The molecule has 0 aliphatic heterocycles. The van der Waals surface area contributed by atoms with Crippen LogP contribution in [0.4, 0.5) is 11.4 Å². The van der Waals surface area contributed by atoms with Gasteiger partial charge in [-0.1, -0.05) is 18.2 Å². The van der Waals surface area contributed by atoms with Crippen LogP contribution in [0, 0.1) is 20.8 Å². The highest BCUT2D eigenvalue weighted by atomic mass is 16.2. The molecular weight excluding hydrogens is 324 g/mol. The fourth-order valence-electron chi connectivity index (χ4n) is 3.48. The van der Waals surface area contributed by atoms with Gasteiger partial charge in [-0.3, -0.25) is 4.79 Å². The van der Waals surface area contributed by atoms with Crippen LogP contribution in [-0.4, -0.2) is 41.5 Å². The first-order valence-corrected chi connectivity index (χ1v) is 8.71. The summed E-state index contributed by atoms with van der Waals surface area (Å²) in [6, 6.07) is 10.2.